The smallest absolute Gasteiger partial charge is 0.258 e. The van der Waals surface area contributed by atoms with Crippen molar-refractivity contribution in [3.05, 3.63) is 60.2 Å². The van der Waals surface area contributed by atoms with Gasteiger partial charge in [0.15, 0.2) is 0 Å². The van der Waals surface area contributed by atoms with E-state index in [-0.39, 0.29) is 18.4 Å². The molecule has 2 aromatic carbocycles. The van der Waals surface area contributed by atoms with Crippen LogP contribution in [0.25, 0.3) is 0 Å². The normalized spacial score (nSPS) is 10.3. The van der Waals surface area contributed by atoms with Gasteiger partial charge in [-0.3, -0.25) is 9.59 Å². The van der Waals surface area contributed by atoms with Gasteiger partial charge in [-0.05, 0) is 57.2 Å². The third-order valence-electron chi connectivity index (χ3n) is 4.32. The molecule has 0 atom stereocenters. The third kappa shape index (κ3) is 4.85. The van der Waals surface area contributed by atoms with Crippen molar-refractivity contribution in [1.82, 2.24) is 4.90 Å². The van der Waals surface area contributed by atoms with E-state index in [0.717, 1.165) is 11.4 Å². The van der Waals surface area contributed by atoms with Gasteiger partial charge in [0.25, 0.3) is 5.91 Å². The minimum absolute atomic E-state index is 0.0375. The van der Waals surface area contributed by atoms with Crippen LogP contribution in [0.4, 0.5) is 11.4 Å². The lowest BCUT2D eigenvalue weighted by molar-refractivity contribution is -0.128. The molecule has 2 amide bonds. The van der Waals surface area contributed by atoms with E-state index in [1.165, 1.54) is 0 Å². The van der Waals surface area contributed by atoms with Crippen LogP contribution < -0.4 is 10.2 Å². The summed E-state index contributed by atoms with van der Waals surface area (Å²) < 4.78 is 0. The van der Waals surface area contributed by atoms with Gasteiger partial charge in [0.05, 0.1) is 6.54 Å². The zero-order valence-corrected chi connectivity index (χ0v) is 15.7. The quantitative estimate of drug-likeness (QED) is 0.788. The molecule has 0 spiro atoms. The molecule has 0 saturated heterocycles. The number of rotatable bonds is 8. The molecular weight excluding hydrogens is 326 g/mol. The zero-order valence-electron chi connectivity index (χ0n) is 15.7. The van der Waals surface area contributed by atoms with E-state index < -0.39 is 0 Å². The van der Waals surface area contributed by atoms with Gasteiger partial charge in [-0.15, -0.1) is 0 Å². The van der Waals surface area contributed by atoms with E-state index in [9.17, 15) is 9.59 Å². The molecule has 0 unspecified atom stereocenters. The number of hydrogen-bond donors (Lipinski definition) is 1. The molecule has 26 heavy (non-hydrogen) atoms. The lowest BCUT2D eigenvalue weighted by atomic mass is 10.1. The number of carbonyl (C=O) groups excluding carboxylic acids is 2. The standard InChI is InChI=1S/C21H27N3O2/c1-4-23(5-2)20(25)16-22-18-14-12-17(13-15-18)21(26)24(6-3)19-10-8-7-9-11-19/h7-15,22H,4-6,16H2,1-3H3. The maximum atomic E-state index is 12.8. The van der Waals surface area contributed by atoms with Crippen LogP contribution in [0.5, 0.6) is 0 Å². The van der Waals surface area contributed by atoms with Crippen LogP contribution in [0.3, 0.4) is 0 Å². The van der Waals surface area contributed by atoms with Crippen LogP contribution in [0.1, 0.15) is 31.1 Å². The molecule has 2 aromatic rings. The average Bonchev–Trinajstić information content (AvgIpc) is 2.69. The molecule has 0 aromatic heterocycles. The van der Waals surface area contributed by atoms with Crippen LogP contribution >= 0.6 is 0 Å². The predicted octanol–water partition coefficient (Wildman–Crippen LogP) is 3.63. The summed E-state index contributed by atoms with van der Waals surface area (Å²) in [4.78, 5) is 28.3. The molecule has 5 nitrogen and oxygen atoms in total. The van der Waals surface area contributed by atoms with Gasteiger partial charge in [0.2, 0.25) is 5.91 Å². The molecule has 0 aliphatic heterocycles. The first-order valence-electron chi connectivity index (χ1n) is 9.09. The maximum Gasteiger partial charge on any atom is 0.258 e. The van der Waals surface area contributed by atoms with Crippen LogP contribution in [0.2, 0.25) is 0 Å². The van der Waals surface area contributed by atoms with Crippen molar-refractivity contribution in [2.75, 3.05) is 36.4 Å². The van der Waals surface area contributed by atoms with E-state index in [2.05, 4.69) is 5.32 Å². The lowest BCUT2D eigenvalue weighted by Gasteiger charge is -2.21. The van der Waals surface area contributed by atoms with E-state index in [1.807, 2.05) is 63.2 Å². The van der Waals surface area contributed by atoms with E-state index in [4.69, 9.17) is 0 Å². The molecule has 0 heterocycles. The van der Waals surface area contributed by atoms with Gasteiger partial charge < -0.3 is 15.1 Å². The Morgan fingerprint density at radius 3 is 2.00 bits per heavy atom. The number of likely N-dealkylation sites (N-methyl/N-ethyl adjacent to an activating group) is 1. The van der Waals surface area contributed by atoms with Crippen LogP contribution in [0.15, 0.2) is 54.6 Å². The van der Waals surface area contributed by atoms with Crippen molar-refractivity contribution in [1.29, 1.82) is 0 Å². The number of anilines is 2. The Labute approximate surface area is 155 Å². The summed E-state index contributed by atoms with van der Waals surface area (Å²) in [5.41, 5.74) is 2.33. The van der Waals surface area contributed by atoms with Gasteiger partial charge >= 0.3 is 0 Å². The number of nitrogens with zero attached hydrogens (tertiary/aromatic N) is 2. The first-order chi connectivity index (χ1) is 12.6. The number of hydrogen-bond acceptors (Lipinski definition) is 3. The second-order valence-corrected chi connectivity index (χ2v) is 5.88. The molecule has 138 valence electrons. The molecule has 5 heteroatoms. The highest BCUT2D eigenvalue weighted by molar-refractivity contribution is 6.06. The van der Waals surface area contributed by atoms with Crippen LogP contribution in [-0.2, 0) is 4.79 Å². The van der Waals surface area contributed by atoms with Crippen molar-refractivity contribution in [2.45, 2.75) is 20.8 Å². The maximum absolute atomic E-state index is 12.8. The van der Waals surface area contributed by atoms with Crippen molar-refractivity contribution in [3.63, 3.8) is 0 Å². The molecule has 0 bridgehead atoms. The van der Waals surface area contributed by atoms with E-state index in [1.54, 1.807) is 21.9 Å². The number of amides is 2. The second kappa shape index (κ2) is 9.61. The van der Waals surface area contributed by atoms with Crippen LogP contribution in [-0.4, -0.2) is 42.9 Å². The molecule has 0 aliphatic carbocycles. The van der Waals surface area contributed by atoms with Crippen molar-refractivity contribution in [3.8, 4) is 0 Å². The van der Waals surface area contributed by atoms with Gasteiger partial charge in [-0.25, -0.2) is 0 Å². The summed E-state index contributed by atoms with van der Waals surface area (Å²) in [5.74, 6) is 0.0286. The molecule has 0 radical (unpaired) electrons. The Hall–Kier alpha value is -2.82. The van der Waals surface area contributed by atoms with Gasteiger partial charge in [-0.1, -0.05) is 18.2 Å². The first-order valence-corrected chi connectivity index (χ1v) is 9.09. The van der Waals surface area contributed by atoms with Gasteiger partial charge in [-0.2, -0.15) is 0 Å². The summed E-state index contributed by atoms with van der Waals surface area (Å²) in [6, 6.07) is 16.9. The Balaban J connectivity index is 2.02. The average molecular weight is 353 g/mol. The summed E-state index contributed by atoms with van der Waals surface area (Å²) in [6.07, 6.45) is 0. The second-order valence-electron chi connectivity index (χ2n) is 5.88. The Bertz CT molecular complexity index is 710. The molecule has 2 rings (SSSR count). The minimum Gasteiger partial charge on any atom is -0.376 e. The number of nitrogens with one attached hydrogen (secondary N) is 1. The fraction of sp³-hybridized carbons (Fsp3) is 0.333. The summed E-state index contributed by atoms with van der Waals surface area (Å²) in [7, 11) is 0. The summed E-state index contributed by atoms with van der Waals surface area (Å²) in [6.45, 7) is 8.15. The zero-order chi connectivity index (χ0) is 18.9. The van der Waals surface area contributed by atoms with Gasteiger partial charge in [0.1, 0.15) is 0 Å². The largest absolute Gasteiger partial charge is 0.376 e. The SMILES string of the molecule is CCN(CC)C(=O)CNc1ccc(C(=O)N(CC)c2ccccc2)cc1. The topological polar surface area (TPSA) is 52.7 Å². The van der Waals surface area contributed by atoms with Gasteiger partial charge in [0, 0.05) is 36.6 Å². The predicted molar refractivity (Wildman–Crippen MR) is 107 cm³/mol. The highest BCUT2D eigenvalue weighted by Crippen LogP contribution is 2.18. The molecule has 0 saturated carbocycles. The Kier molecular flexibility index (Phi) is 7.21. The summed E-state index contributed by atoms with van der Waals surface area (Å²) >= 11 is 0. The third-order valence-corrected chi connectivity index (χ3v) is 4.32. The van der Waals surface area contributed by atoms with E-state index >= 15 is 0 Å². The fourth-order valence-electron chi connectivity index (χ4n) is 2.80. The fourth-order valence-corrected chi connectivity index (χ4v) is 2.80. The van der Waals surface area contributed by atoms with Crippen molar-refractivity contribution >= 4 is 23.2 Å². The Morgan fingerprint density at radius 1 is 0.846 bits per heavy atom. The molecule has 0 aliphatic rings. The Morgan fingerprint density at radius 2 is 1.46 bits per heavy atom. The lowest BCUT2D eigenvalue weighted by Crippen LogP contribution is -2.35. The van der Waals surface area contributed by atoms with Crippen molar-refractivity contribution in [2.24, 2.45) is 0 Å². The molecule has 0 fully saturated rings. The number of carbonyl (C=O) groups is 2. The number of para-hydroxylation sites is 1. The van der Waals surface area contributed by atoms with Crippen molar-refractivity contribution < 1.29 is 9.59 Å². The van der Waals surface area contributed by atoms with E-state index in [0.29, 0.717) is 25.2 Å². The summed E-state index contributed by atoms with van der Waals surface area (Å²) in [5, 5.41) is 3.12. The minimum atomic E-state index is -0.0375. The first kappa shape index (κ1) is 19.5. The number of benzene rings is 2. The molecule has 1 N–H and O–H groups in total. The highest BCUT2D eigenvalue weighted by atomic mass is 16.2. The van der Waals surface area contributed by atoms with Crippen LogP contribution in [0, 0.1) is 0 Å². The molecular formula is C21H27N3O2. The monoisotopic (exact) mass is 353 g/mol. The highest BCUT2D eigenvalue weighted by Gasteiger charge is 2.16.